The summed E-state index contributed by atoms with van der Waals surface area (Å²) < 4.78 is 13.2. The molecule has 0 radical (unpaired) electrons. The fourth-order valence-electron chi connectivity index (χ4n) is 2.23. The van der Waals surface area contributed by atoms with Crippen LogP contribution in [-0.2, 0) is 4.79 Å². The van der Waals surface area contributed by atoms with Crippen molar-refractivity contribution in [2.75, 3.05) is 5.32 Å². The Labute approximate surface area is 142 Å². The zero-order valence-corrected chi connectivity index (χ0v) is 12.9. The van der Waals surface area contributed by atoms with E-state index in [1.165, 1.54) is 18.5 Å². The van der Waals surface area contributed by atoms with Crippen molar-refractivity contribution in [2.45, 2.75) is 6.04 Å². The molecule has 0 aliphatic heterocycles. The molecule has 0 aliphatic rings. The third kappa shape index (κ3) is 4.05. The molecular formula is C17H14FN5O2. The van der Waals surface area contributed by atoms with Crippen LogP contribution in [0.1, 0.15) is 22.0 Å². The molecule has 8 heteroatoms. The van der Waals surface area contributed by atoms with Crippen LogP contribution < -0.4 is 10.6 Å². The third-order valence-corrected chi connectivity index (χ3v) is 3.42. The molecule has 3 rings (SSSR count). The average Bonchev–Trinajstić information content (AvgIpc) is 3.13. The van der Waals surface area contributed by atoms with E-state index in [4.69, 9.17) is 0 Å². The maximum absolute atomic E-state index is 13.2. The standard InChI is InChI=1S/C17H14FN5O2/c18-13-10-12(6-8-19-13)16(24)22-15(11-4-2-1-3-5-11)17(25)21-14-7-9-20-23-14/h1-10,15H,(H,22,24)(H2,20,21,23,25)/t15-/m0/s1. The van der Waals surface area contributed by atoms with Crippen LogP contribution in [0.4, 0.5) is 10.2 Å². The first kappa shape index (κ1) is 16.3. The highest BCUT2D eigenvalue weighted by Crippen LogP contribution is 2.16. The smallest absolute Gasteiger partial charge is 0.252 e. The predicted octanol–water partition coefficient (Wildman–Crippen LogP) is 2.05. The third-order valence-electron chi connectivity index (χ3n) is 3.42. The molecule has 0 saturated carbocycles. The maximum Gasteiger partial charge on any atom is 0.252 e. The summed E-state index contributed by atoms with van der Waals surface area (Å²) in [4.78, 5) is 28.4. The Morgan fingerprint density at radius 2 is 1.88 bits per heavy atom. The molecule has 2 heterocycles. The highest BCUT2D eigenvalue weighted by atomic mass is 19.1. The summed E-state index contributed by atoms with van der Waals surface area (Å²) in [6.45, 7) is 0. The number of nitrogens with zero attached hydrogens (tertiary/aromatic N) is 2. The zero-order valence-electron chi connectivity index (χ0n) is 12.9. The number of halogens is 1. The maximum atomic E-state index is 13.2. The lowest BCUT2D eigenvalue weighted by Gasteiger charge is -2.18. The molecule has 3 aromatic rings. The van der Waals surface area contributed by atoms with E-state index in [9.17, 15) is 14.0 Å². The minimum atomic E-state index is -0.965. The summed E-state index contributed by atoms with van der Waals surface area (Å²) in [6, 6.07) is 11.7. The van der Waals surface area contributed by atoms with Gasteiger partial charge >= 0.3 is 0 Å². The van der Waals surface area contributed by atoms with Crippen molar-refractivity contribution in [3.05, 3.63) is 78.0 Å². The number of nitrogens with one attached hydrogen (secondary N) is 3. The Morgan fingerprint density at radius 3 is 2.56 bits per heavy atom. The first-order chi connectivity index (χ1) is 12.1. The Kier molecular flexibility index (Phi) is 4.79. The van der Waals surface area contributed by atoms with E-state index in [0.29, 0.717) is 11.4 Å². The summed E-state index contributed by atoms with van der Waals surface area (Å²) in [7, 11) is 0. The number of pyridine rings is 1. The van der Waals surface area contributed by atoms with Gasteiger partial charge < -0.3 is 10.6 Å². The molecule has 7 nitrogen and oxygen atoms in total. The first-order valence-electron chi connectivity index (χ1n) is 7.41. The second-order valence-corrected chi connectivity index (χ2v) is 5.14. The number of hydrogen-bond acceptors (Lipinski definition) is 4. The van der Waals surface area contributed by atoms with Gasteiger partial charge in [-0.15, -0.1) is 0 Å². The quantitative estimate of drug-likeness (QED) is 0.620. The molecule has 25 heavy (non-hydrogen) atoms. The molecule has 2 amide bonds. The van der Waals surface area contributed by atoms with Crippen molar-refractivity contribution in [1.82, 2.24) is 20.5 Å². The number of aromatic nitrogens is 3. The molecule has 3 N–H and O–H groups in total. The van der Waals surface area contributed by atoms with Gasteiger partial charge in [-0.1, -0.05) is 30.3 Å². The molecule has 1 atom stereocenters. The van der Waals surface area contributed by atoms with Crippen molar-refractivity contribution < 1.29 is 14.0 Å². The molecule has 1 aromatic carbocycles. The monoisotopic (exact) mass is 339 g/mol. The SMILES string of the molecule is O=C(N[C@H](C(=O)Nc1ccn[nH]1)c1ccccc1)c1ccnc(F)c1. The first-order valence-corrected chi connectivity index (χ1v) is 7.41. The van der Waals surface area contributed by atoms with Crippen LogP contribution in [-0.4, -0.2) is 27.0 Å². The van der Waals surface area contributed by atoms with Gasteiger partial charge in [0, 0.05) is 23.9 Å². The zero-order chi connectivity index (χ0) is 17.6. The van der Waals surface area contributed by atoms with E-state index in [-0.39, 0.29) is 5.56 Å². The van der Waals surface area contributed by atoms with E-state index in [0.717, 1.165) is 6.07 Å². The van der Waals surface area contributed by atoms with Crippen LogP contribution in [0.15, 0.2) is 60.9 Å². The number of carbonyl (C=O) groups is 2. The molecule has 0 spiro atoms. The van der Waals surface area contributed by atoms with Crippen molar-refractivity contribution in [1.29, 1.82) is 0 Å². The number of benzene rings is 1. The fourth-order valence-corrected chi connectivity index (χ4v) is 2.23. The second kappa shape index (κ2) is 7.35. The normalized spacial score (nSPS) is 11.6. The van der Waals surface area contributed by atoms with Gasteiger partial charge in [-0.2, -0.15) is 9.49 Å². The van der Waals surface area contributed by atoms with Gasteiger partial charge in [-0.3, -0.25) is 14.7 Å². The molecule has 126 valence electrons. The topological polar surface area (TPSA) is 99.8 Å². The van der Waals surface area contributed by atoms with Crippen LogP contribution in [0, 0.1) is 5.95 Å². The van der Waals surface area contributed by atoms with Gasteiger partial charge in [0.2, 0.25) is 5.95 Å². The number of rotatable bonds is 5. The van der Waals surface area contributed by atoms with E-state index in [1.54, 1.807) is 36.4 Å². The largest absolute Gasteiger partial charge is 0.336 e. The van der Waals surface area contributed by atoms with Gasteiger partial charge in [0.25, 0.3) is 11.8 Å². The lowest BCUT2D eigenvalue weighted by atomic mass is 10.1. The minimum Gasteiger partial charge on any atom is -0.336 e. The highest BCUT2D eigenvalue weighted by molar-refractivity contribution is 6.01. The number of hydrogen-bond donors (Lipinski definition) is 3. The van der Waals surface area contributed by atoms with E-state index < -0.39 is 23.8 Å². The lowest BCUT2D eigenvalue weighted by molar-refractivity contribution is -0.118. The summed E-state index contributed by atoms with van der Waals surface area (Å²) in [5.74, 6) is -1.42. The predicted molar refractivity (Wildman–Crippen MR) is 88.1 cm³/mol. The average molecular weight is 339 g/mol. The van der Waals surface area contributed by atoms with Crippen molar-refractivity contribution in [3.8, 4) is 0 Å². The van der Waals surface area contributed by atoms with Crippen molar-refractivity contribution in [2.24, 2.45) is 0 Å². The van der Waals surface area contributed by atoms with E-state index >= 15 is 0 Å². The minimum absolute atomic E-state index is 0.0720. The van der Waals surface area contributed by atoms with Crippen LogP contribution in [0.25, 0.3) is 0 Å². The Bertz CT molecular complexity index is 868. The summed E-state index contributed by atoms with van der Waals surface area (Å²) >= 11 is 0. The van der Waals surface area contributed by atoms with Crippen LogP contribution in [0.3, 0.4) is 0 Å². The van der Waals surface area contributed by atoms with Gasteiger partial charge in [-0.25, -0.2) is 4.98 Å². The van der Waals surface area contributed by atoms with Crippen molar-refractivity contribution in [3.63, 3.8) is 0 Å². The molecular weight excluding hydrogens is 325 g/mol. The molecule has 0 unspecified atom stereocenters. The molecule has 0 saturated heterocycles. The van der Waals surface area contributed by atoms with Gasteiger partial charge in [0.15, 0.2) is 0 Å². The molecule has 0 fully saturated rings. The molecule has 2 aromatic heterocycles. The number of amides is 2. The summed E-state index contributed by atoms with van der Waals surface area (Å²) in [6.07, 6.45) is 2.68. The fraction of sp³-hybridized carbons (Fsp3) is 0.0588. The molecule has 0 aliphatic carbocycles. The Hall–Kier alpha value is -3.55. The van der Waals surface area contributed by atoms with Crippen LogP contribution >= 0.6 is 0 Å². The van der Waals surface area contributed by atoms with Gasteiger partial charge in [-0.05, 0) is 11.6 Å². The summed E-state index contributed by atoms with van der Waals surface area (Å²) in [5.41, 5.74) is 0.658. The number of carbonyl (C=O) groups excluding carboxylic acids is 2. The number of aromatic amines is 1. The van der Waals surface area contributed by atoms with E-state index in [1.807, 2.05) is 0 Å². The second-order valence-electron chi connectivity index (χ2n) is 5.14. The highest BCUT2D eigenvalue weighted by Gasteiger charge is 2.24. The van der Waals surface area contributed by atoms with Gasteiger partial charge in [0.05, 0.1) is 6.20 Å². The number of H-pyrrole nitrogens is 1. The Balaban J connectivity index is 1.83. The van der Waals surface area contributed by atoms with Crippen molar-refractivity contribution >= 4 is 17.6 Å². The van der Waals surface area contributed by atoms with Gasteiger partial charge in [0.1, 0.15) is 11.9 Å². The lowest BCUT2D eigenvalue weighted by Crippen LogP contribution is -2.37. The van der Waals surface area contributed by atoms with Crippen LogP contribution in [0.2, 0.25) is 0 Å². The summed E-state index contributed by atoms with van der Waals surface area (Å²) in [5, 5.41) is 11.6. The van der Waals surface area contributed by atoms with Crippen LogP contribution in [0.5, 0.6) is 0 Å². The number of anilines is 1. The molecule has 0 bridgehead atoms. The Morgan fingerprint density at radius 1 is 1.08 bits per heavy atom. The van der Waals surface area contributed by atoms with E-state index in [2.05, 4.69) is 25.8 Å².